The summed E-state index contributed by atoms with van der Waals surface area (Å²) in [7, 11) is 0. The molecule has 2 heterocycles. The minimum absolute atomic E-state index is 0.0669. The van der Waals surface area contributed by atoms with E-state index in [1.165, 1.54) is 0 Å². The fourth-order valence-corrected chi connectivity index (χ4v) is 2.29. The zero-order valence-corrected chi connectivity index (χ0v) is 11.7. The van der Waals surface area contributed by atoms with E-state index in [2.05, 4.69) is 24.1 Å². The Kier molecular flexibility index (Phi) is 4.91. The van der Waals surface area contributed by atoms with Crippen LogP contribution < -0.4 is 5.32 Å². The molecule has 0 aliphatic carbocycles. The van der Waals surface area contributed by atoms with E-state index in [1.54, 1.807) is 6.20 Å². The second-order valence-corrected chi connectivity index (χ2v) is 5.19. The topological polar surface area (TPSA) is 51.2 Å². The van der Waals surface area contributed by atoms with Crippen molar-refractivity contribution in [2.75, 3.05) is 19.8 Å². The minimum Gasteiger partial charge on any atom is -0.381 e. The number of carbonyl (C=O) groups is 1. The van der Waals surface area contributed by atoms with Crippen molar-refractivity contribution in [2.24, 2.45) is 5.92 Å². The van der Waals surface area contributed by atoms with Gasteiger partial charge in [0.15, 0.2) is 0 Å². The second kappa shape index (κ2) is 6.66. The maximum Gasteiger partial charge on any atom is 0.270 e. The van der Waals surface area contributed by atoms with E-state index in [-0.39, 0.29) is 5.91 Å². The van der Waals surface area contributed by atoms with Crippen molar-refractivity contribution >= 4 is 5.91 Å². The van der Waals surface area contributed by atoms with Crippen molar-refractivity contribution in [1.82, 2.24) is 10.3 Å². The molecule has 4 heteroatoms. The summed E-state index contributed by atoms with van der Waals surface area (Å²) >= 11 is 0. The van der Waals surface area contributed by atoms with E-state index in [4.69, 9.17) is 4.74 Å². The van der Waals surface area contributed by atoms with Gasteiger partial charge in [-0.15, -0.1) is 0 Å². The first-order chi connectivity index (χ1) is 9.22. The summed E-state index contributed by atoms with van der Waals surface area (Å²) < 4.78 is 5.31. The zero-order chi connectivity index (χ0) is 13.7. The van der Waals surface area contributed by atoms with Crippen LogP contribution in [0.15, 0.2) is 18.3 Å². The molecule has 1 saturated heterocycles. The van der Waals surface area contributed by atoms with Gasteiger partial charge >= 0.3 is 0 Å². The first-order valence-corrected chi connectivity index (χ1v) is 7.03. The lowest BCUT2D eigenvalue weighted by Gasteiger charge is -2.14. The van der Waals surface area contributed by atoms with Crippen molar-refractivity contribution in [1.29, 1.82) is 0 Å². The van der Waals surface area contributed by atoms with Crippen LogP contribution in [0, 0.1) is 5.92 Å². The number of pyridine rings is 1. The Hall–Kier alpha value is -1.42. The normalized spacial score (nSPS) is 20.2. The quantitative estimate of drug-likeness (QED) is 0.886. The maximum atomic E-state index is 12.2. The summed E-state index contributed by atoms with van der Waals surface area (Å²) in [5.41, 5.74) is 1.60. The van der Waals surface area contributed by atoms with Crippen LogP contribution in [0.1, 0.15) is 48.7 Å². The standard InChI is InChI=1S/C15H22N2O2/c1-3-11(2)13-5-4-7-16-14(13)15(18)17-9-12-6-8-19-10-12/h4-5,7,11-12H,3,6,8-10H2,1-2H3,(H,17,18)/t11?,12-/m1/s1. The molecule has 19 heavy (non-hydrogen) atoms. The second-order valence-electron chi connectivity index (χ2n) is 5.19. The number of nitrogens with zero attached hydrogens (tertiary/aromatic N) is 1. The van der Waals surface area contributed by atoms with Gasteiger partial charge in [0.2, 0.25) is 0 Å². The van der Waals surface area contributed by atoms with Gasteiger partial charge in [0, 0.05) is 25.3 Å². The molecule has 0 radical (unpaired) electrons. The largest absolute Gasteiger partial charge is 0.381 e. The number of rotatable bonds is 5. The molecule has 0 saturated carbocycles. The van der Waals surface area contributed by atoms with Gasteiger partial charge in [-0.05, 0) is 30.4 Å². The predicted molar refractivity (Wildman–Crippen MR) is 74.2 cm³/mol. The molecule has 2 atom stereocenters. The highest BCUT2D eigenvalue weighted by Gasteiger charge is 2.19. The fraction of sp³-hybridized carbons (Fsp3) is 0.600. The number of hydrogen-bond acceptors (Lipinski definition) is 3. The van der Waals surface area contributed by atoms with Gasteiger partial charge in [-0.1, -0.05) is 19.9 Å². The monoisotopic (exact) mass is 262 g/mol. The average Bonchev–Trinajstić information content (AvgIpc) is 2.97. The van der Waals surface area contributed by atoms with Gasteiger partial charge < -0.3 is 10.1 Å². The summed E-state index contributed by atoms with van der Waals surface area (Å²) in [6.07, 6.45) is 3.71. The molecule has 1 amide bonds. The average molecular weight is 262 g/mol. The highest BCUT2D eigenvalue weighted by Crippen LogP contribution is 2.21. The summed E-state index contributed by atoms with van der Waals surface area (Å²) in [5, 5.41) is 2.98. The number of nitrogens with one attached hydrogen (secondary N) is 1. The Labute approximate surface area is 114 Å². The van der Waals surface area contributed by atoms with E-state index >= 15 is 0 Å². The maximum absolute atomic E-state index is 12.2. The van der Waals surface area contributed by atoms with Gasteiger partial charge in [-0.3, -0.25) is 9.78 Å². The predicted octanol–water partition coefficient (Wildman–Crippen LogP) is 2.36. The van der Waals surface area contributed by atoms with Crippen molar-refractivity contribution in [3.05, 3.63) is 29.6 Å². The van der Waals surface area contributed by atoms with Crippen molar-refractivity contribution < 1.29 is 9.53 Å². The number of amides is 1. The Morgan fingerprint density at radius 1 is 1.63 bits per heavy atom. The van der Waals surface area contributed by atoms with Gasteiger partial charge in [-0.2, -0.15) is 0 Å². The van der Waals surface area contributed by atoms with Gasteiger partial charge in [-0.25, -0.2) is 0 Å². The molecule has 1 unspecified atom stereocenters. The molecule has 0 bridgehead atoms. The molecule has 2 rings (SSSR count). The molecule has 104 valence electrons. The van der Waals surface area contributed by atoms with Crippen LogP contribution in [0.3, 0.4) is 0 Å². The van der Waals surface area contributed by atoms with Crippen LogP contribution in [-0.4, -0.2) is 30.6 Å². The Bertz CT molecular complexity index is 428. The van der Waals surface area contributed by atoms with Crippen LogP contribution in [0.4, 0.5) is 0 Å². The van der Waals surface area contributed by atoms with E-state index in [1.807, 2.05) is 12.1 Å². The number of carbonyl (C=O) groups excluding carboxylic acids is 1. The molecular formula is C15H22N2O2. The third kappa shape index (κ3) is 3.53. The lowest BCUT2D eigenvalue weighted by molar-refractivity contribution is 0.0938. The molecule has 0 aromatic carbocycles. The molecule has 1 aliphatic rings. The molecule has 1 fully saturated rings. The molecule has 0 spiro atoms. The third-order valence-corrected chi connectivity index (χ3v) is 3.77. The van der Waals surface area contributed by atoms with Crippen LogP contribution in [0.2, 0.25) is 0 Å². The molecule has 1 aromatic rings. The van der Waals surface area contributed by atoms with Crippen LogP contribution in [0.25, 0.3) is 0 Å². The Morgan fingerprint density at radius 3 is 3.16 bits per heavy atom. The van der Waals surface area contributed by atoms with Gasteiger partial charge in [0.25, 0.3) is 5.91 Å². The fourth-order valence-electron chi connectivity index (χ4n) is 2.29. The van der Waals surface area contributed by atoms with Crippen LogP contribution >= 0.6 is 0 Å². The molecule has 1 aromatic heterocycles. The van der Waals surface area contributed by atoms with E-state index in [0.717, 1.165) is 31.6 Å². The summed E-state index contributed by atoms with van der Waals surface area (Å²) in [5.74, 6) is 0.728. The third-order valence-electron chi connectivity index (χ3n) is 3.77. The molecule has 1 N–H and O–H groups in total. The SMILES string of the molecule is CCC(C)c1cccnc1C(=O)NC[C@H]1CCOC1. The highest BCUT2D eigenvalue weighted by atomic mass is 16.5. The smallest absolute Gasteiger partial charge is 0.270 e. The lowest BCUT2D eigenvalue weighted by atomic mass is 9.96. The van der Waals surface area contributed by atoms with Gasteiger partial charge in [0.1, 0.15) is 5.69 Å². The summed E-state index contributed by atoms with van der Waals surface area (Å²) in [6, 6.07) is 3.89. The van der Waals surface area contributed by atoms with Crippen molar-refractivity contribution in [2.45, 2.75) is 32.6 Å². The first kappa shape index (κ1) is 14.0. The van der Waals surface area contributed by atoms with Crippen LogP contribution in [0.5, 0.6) is 0 Å². The zero-order valence-electron chi connectivity index (χ0n) is 11.7. The first-order valence-electron chi connectivity index (χ1n) is 7.03. The number of hydrogen-bond donors (Lipinski definition) is 1. The van der Waals surface area contributed by atoms with Crippen molar-refractivity contribution in [3.63, 3.8) is 0 Å². The van der Waals surface area contributed by atoms with Crippen molar-refractivity contribution in [3.8, 4) is 0 Å². The molecule has 4 nitrogen and oxygen atoms in total. The van der Waals surface area contributed by atoms with E-state index in [9.17, 15) is 4.79 Å². The molecule has 1 aliphatic heterocycles. The van der Waals surface area contributed by atoms with E-state index in [0.29, 0.717) is 24.1 Å². The van der Waals surface area contributed by atoms with E-state index < -0.39 is 0 Å². The number of ether oxygens (including phenoxy) is 1. The highest BCUT2D eigenvalue weighted by molar-refractivity contribution is 5.93. The Morgan fingerprint density at radius 2 is 2.47 bits per heavy atom. The Balaban J connectivity index is 2.01. The van der Waals surface area contributed by atoms with Gasteiger partial charge in [0.05, 0.1) is 6.61 Å². The lowest BCUT2D eigenvalue weighted by Crippen LogP contribution is -2.31. The van der Waals surface area contributed by atoms with Crippen LogP contribution in [-0.2, 0) is 4.74 Å². The summed E-state index contributed by atoms with van der Waals surface area (Å²) in [4.78, 5) is 16.5. The summed E-state index contributed by atoms with van der Waals surface area (Å²) in [6.45, 7) is 6.48. The minimum atomic E-state index is -0.0669. The number of aromatic nitrogens is 1. The molecular weight excluding hydrogens is 240 g/mol.